The summed E-state index contributed by atoms with van der Waals surface area (Å²) in [4.78, 5) is 4.36. The van der Waals surface area contributed by atoms with Crippen LogP contribution in [0.2, 0.25) is 0 Å². The fraction of sp³-hybridized carbons (Fsp3) is 0.562. The molecule has 1 aromatic carbocycles. The Bertz CT molecular complexity index is 653. The van der Waals surface area contributed by atoms with Crippen molar-refractivity contribution in [1.82, 2.24) is 15.4 Å². The minimum absolute atomic E-state index is 0.0477. The van der Waals surface area contributed by atoms with Crippen LogP contribution in [0.3, 0.4) is 0 Å². The molecule has 1 aromatic rings. The minimum atomic E-state index is -3.20. The van der Waals surface area contributed by atoms with E-state index < -0.39 is 15.8 Å². The van der Waals surface area contributed by atoms with Crippen molar-refractivity contribution >= 4 is 16.0 Å². The number of nitrogens with zero attached hydrogens (tertiary/aromatic N) is 1. The Morgan fingerprint density at radius 3 is 2.60 bits per heavy atom. The highest BCUT2D eigenvalue weighted by Crippen LogP contribution is 2.16. The topological polar surface area (TPSA) is 91.8 Å². The molecule has 0 saturated carbocycles. The van der Waals surface area contributed by atoms with Gasteiger partial charge in [0.2, 0.25) is 10.0 Å². The zero-order chi connectivity index (χ0) is 18.7. The van der Waals surface area contributed by atoms with Crippen LogP contribution in [0.1, 0.15) is 20.8 Å². The van der Waals surface area contributed by atoms with Gasteiger partial charge in [-0.2, -0.15) is 0 Å². The maximum absolute atomic E-state index is 13.6. The molecule has 7 nitrogen and oxygen atoms in total. The van der Waals surface area contributed by atoms with Crippen LogP contribution in [0, 0.1) is 5.82 Å². The second kappa shape index (κ2) is 10.9. The van der Waals surface area contributed by atoms with Gasteiger partial charge in [0.1, 0.15) is 6.10 Å². The van der Waals surface area contributed by atoms with E-state index in [1.807, 2.05) is 6.92 Å². The van der Waals surface area contributed by atoms with Crippen LogP contribution in [-0.2, 0) is 10.0 Å². The molecule has 0 aromatic heterocycles. The van der Waals surface area contributed by atoms with E-state index in [2.05, 4.69) is 20.3 Å². The fourth-order valence-electron chi connectivity index (χ4n) is 1.85. The van der Waals surface area contributed by atoms with Crippen molar-refractivity contribution in [3.63, 3.8) is 0 Å². The molecule has 0 heterocycles. The van der Waals surface area contributed by atoms with Crippen LogP contribution < -0.4 is 20.1 Å². The van der Waals surface area contributed by atoms with E-state index >= 15 is 0 Å². The summed E-state index contributed by atoms with van der Waals surface area (Å²) >= 11 is 0. The molecule has 0 radical (unpaired) electrons. The number of hydrogen-bond acceptors (Lipinski definition) is 4. The zero-order valence-electron chi connectivity index (χ0n) is 14.9. The number of aliphatic imine (C=N–C) groups is 1. The lowest BCUT2D eigenvalue weighted by molar-refractivity contribution is 0.220. The largest absolute Gasteiger partial charge is 0.486 e. The molecule has 1 rings (SSSR count). The summed E-state index contributed by atoms with van der Waals surface area (Å²) < 4.78 is 44.3. The fourth-order valence-corrected chi connectivity index (χ4v) is 2.46. The predicted octanol–water partition coefficient (Wildman–Crippen LogP) is 1.09. The van der Waals surface area contributed by atoms with Crippen LogP contribution in [0.5, 0.6) is 5.75 Å². The van der Waals surface area contributed by atoms with E-state index in [4.69, 9.17) is 4.74 Å². The van der Waals surface area contributed by atoms with Crippen molar-refractivity contribution in [3.05, 3.63) is 30.1 Å². The van der Waals surface area contributed by atoms with Crippen LogP contribution in [0.15, 0.2) is 29.3 Å². The lowest BCUT2D eigenvalue weighted by atomic mass is 10.3. The Morgan fingerprint density at radius 1 is 1.24 bits per heavy atom. The quantitative estimate of drug-likeness (QED) is 0.324. The first kappa shape index (κ1) is 21.2. The standard InChI is InChI=1S/C16H27FN4O3S/c1-4-18-16(19-10-11-21-25(22,23)5-2)20-12-13(3)24-15-9-7-6-8-14(15)17/h6-9,13,21H,4-5,10-12H2,1-3H3,(H2,18,19,20). The minimum Gasteiger partial charge on any atom is -0.486 e. The van der Waals surface area contributed by atoms with E-state index in [1.165, 1.54) is 6.07 Å². The number of benzene rings is 1. The summed E-state index contributed by atoms with van der Waals surface area (Å²) in [6.07, 6.45) is -0.314. The van der Waals surface area contributed by atoms with Crippen molar-refractivity contribution in [2.45, 2.75) is 26.9 Å². The third-order valence-electron chi connectivity index (χ3n) is 3.13. The molecule has 142 valence electrons. The molecule has 0 amide bonds. The maximum Gasteiger partial charge on any atom is 0.211 e. The summed E-state index contributed by atoms with van der Waals surface area (Å²) in [5.74, 6) is 0.373. The second-order valence-electron chi connectivity index (χ2n) is 5.30. The molecular formula is C16H27FN4O3S. The van der Waals surface area contributed by atoms with E-state index in [1.54, 1.807) is 32.0 Å². The lowest BCUT2D eigenvalue weighted by Gasteiger charge is -2.15. The Labute approximate surface area is 149 Å². The van der Waals surface area contributed by atoms with Gasteiger partial charge in [-0.3, -0.25) is 0 Å². The van der Waals surface area contributed by atoms with Crippen LogP contribution in [0.25, 0.3) is 0 Å². The van der Waals surface area contributed by atoms with Crippen LogP contribution >= 0.6 is 0 Å². The third kappa shape index (κ3) is 8.69. The van der Waals surface area contributed by atoms with Crippen molar-refractivity contribution in [2.24, 2.45) is 4.99 Å². The molecule has 1 atom stereocenters. The summed E-state index contributed by atoms with van der Waals surface area (Å²) in [6, 6.07) is 6.22. The Balaban J connectivity index is 2.47. The molecule has 9 heteroatoms. The van der Waals surface area contributed by atoms with Crippen molar-refractivity contribution in [3.8, 4) is 5.75 Å². The summed E-state index contributed by atoms with van der Waals surface area (Å²) in [7, 11) is -3.20. The van der Waals surface area contributed by atoms with Gasteiger partial charge in [0.05, 0.1) is 12.3 Å². The maximum atomic E-state index is 13.6. The van der Waals surface area contributed by atoms with Gasteiger partial charge >= 0.3 is 0 Å². The van der Waals surface area contributed by atoms with Crippen LogP contribution in [0.4, 0.5) is 4.39 Å². The third-order valence-corrected chi connectivity index (χ3v) is 4.54. The van der Waals surface area contributed by atoms with E-state index in [-0.39, 0.29) is 24.2 Å². The smallest absolute Gasteiger partial charge is 0.211 e. The highest BCUT2D eigenvalue weighted by atomic mass is 32.2. The molecule has 0 spiro atoms. The van der Waals surface area contributed by atoms with Gasteiger partial charge in [-0.1, -0.05) is 12.1 Å². The Kier molecular flexibility index (Phi) is 9.22. The normalized spacial score (nSPS) is 13.4. The number of para-hydroxylation sites is 1. The van der Waals surface area contributed by atoms with E-state index in [9.17, 15) is 12.8 Å². The van der Waals surface area contributed by atoms with Crippen molar-refractivity contribution < 1.29 is 17.5 Å². The first-order chi connectivity index (χ1) is 11.9. The summed E-state index contributed by atoms with van der Waals surface area (Å²) in [6.45, 7) is 6.96. The zero-order valence-corrected chi connectivity index (χ0v) is 15.7. The number of nitrogens with one attached hydrogen (secondary N) is 3. The van der Waals surface area contributed by atoms with Gasteiger partial charge in [-0.05, 0) is 32.9 Å². The number of hydrogen-bond donors (Lipinski definition) is 3. The molecule has 0 aliphatic heterocycles. The molecule has 0 fully saturated rings. The van der Waals surface area contributed by atoms with Crippen molar-refractivity contribution in [2.75, 3.05) is 31.9 Å². The monoisotopic (exact) mass is 374 g/mol. The highest BCUT2D eigenvalue weighted by molar-refractivity contribution is 7.89. The molecule has 3 N–H and O–H groups in total. The number of ether oxygens (including phenoxy) is 1. The van der Waals surface area contributed by atoms with Gasteiger partial charge in [0.15, 0.2) is 17.5 Å². The lowest BCUT2D eigenvalue weighted by Crippen LogP contribution is -2.42. The molecule has 1 unspecified atom stereocenters. The molecule has 0 saturated heterocycles. The molecule has 0 aliphatic rings. The SMILES string of the molecule is CCNC(=NCC(C)Oc1ccccc1F)NCCNS(=O)(=O)CC. The average molecular weight is 374 g/mol. The molecule has 25 heavy (non-hydrogen) atoms. The van der Waals surface area contributed by atoms with Crippen molar-refractivity contribution in [1.29, 1.82) is 0 Å². The van der Waals surface area contributed by atoms with Gasteiger partial charge in [0.25, 0.3) is 0 Å². The molecule has 0 aliphatic carbocycles. The Morgan fingerprint density at radius 2 is 1.96 bits per heavy atom. The number of halogens is 1. The van der Waals surface area contributed by atoms with E-state index in [0.29, 0.717) is 25.6 Å². The second-order valence-corrected chi connectivity index (χ2v) is 7.40. The predicted molar refractivity (Wildman–Crippen MR) is 97.9 cm³/mol. The van der Waals surface area contributed by atoms with Gasteiger partial charge in [-0.15, -0.1) is 0 Å². The number of rotatable bonds is 10. The molecule has 0 bridgehead atoms. The number of guanidine groups is 1. The first-order valence-electron chi connectivity index (χ1n) is 8.28. The summed E-state index contributed by atoms with van der Waals surface area (Å²) in [5, 5.41) is 6.09. The van der Waals surface area contributed by atoms with Gasteiger partial charge < -0.3 is 15.4 Å². The Hall–Kier alpha value is -1.87. The number of sulfonamides is 1. The first-order valence-corrected chi connectivity index (χ1v) is 9.93. The average Bonchev–Trinajstić information content (AvgIpc) is 2.58. The van der Waals surface area contributed by atoms with Gasteiger partial charge in [-0.25, -0.2) is 22.5 Å². The highest BCUT2D eigenvalue weighted by Gasteiger charge is 2.08. The van der Waals surface area contributed by atoms with E-state index in [0.717, 1.165) is 0 Å². The summed E-state index contributed by atoms with van der Waals surface area (Å²) in [5.41, 5.74) is 0. The molecular weight excluding hydrogens is 347 g/mol. The van der Waals surface area contributed by atoms with Gasteiger partial charge in [0, 0.05) is 19.6 Å². The van der Waals surface area contributed by atoms with Crippen LogP contribution in [-0.4, -0.2) is 52.4 Å².